The van der Waals surface area contributed by atoms with E-state index in [1.54, 1.807) is 14.2 Å². The van der Waals surface area contributed by atoms with Crippen molar-refractivity contribution in [2.45, 2.75) is 6.54 Å². The van der Waals surface area contributed by atoms with Crippen molar-refractivity contribution in [3.05, 3.63) is 23.8 Å². The van der Waals surface area contributed by atoms with Crippen molar-refractivity contribution in [2.24, 2.45) is 5.41 Å². The lowest BCUT2D eigenvalue weighted by atomic mass is 9.87. The van der Waals surface area contributed by atoms with Crippen LogP contribution in [-0.2, 0) is 11.3 Å². The third-order valence-corrected chi connectivity index (χ3v) is 3.46. The van der Waals surface area contributed by atoms with Crippen LogP contribution in [0.3, 0.4) is 0 Å². The van der Waals surface area contributed by atoms with Gasteiger partial charge in [0.15, 0.2) is 0 Å². The minimum atomic E-state index is -0.111. The fourth-order valence-electron chi connectivity index (χ4n) is 2.10. The summed E-state index contributed by atoms with van der Waals surface area (Å²) < 4.78 is 15.7. The molecule has 1 heterocycles. The highest BCUT2D eigenvalue weighted by atomic mass is 16.5. The number of hydrogen-bond donors (Lipinski definition) is 2. The lowest BCUT2D eigenvalue weighted by molar-refractivity contribution is -0.134. The lowest BCUT2D eigenvalue weighted by Gasteiger charge is -2.40. The van der Waals surface area contributed by atoms with Crippen LogP contribution in [0.1, 0.15) is 5.56 Å². The summed E-state index contributed by atoms with van der Waals surface area (Å²) in [6, 6.07) is 5.76. The number of methoxy groups -OCH3 is 2. The van der Waals surface area contributed by atoms with Crippen LogP contribution in [0.15, 0.2) is 18.2 Å². The van der Waals surface area contributed by atoms with E-state index in [1.807, 2.05) is 18.2 Å². The number of aliphatic hydroxyl groups is 1. The second-order valence-electron chi connectivity index (χ2n) is 4.93. The number of benzene rings is 1. The first-order chi connectivity index (χ1) is 9.23. The van der Waals surface area contributed by atoms with Gasteiger partial charge in [-0.25, -0.2) is 0 Å². The molecule has 0 saturated carbocycles. The van der Waals surface area contributed by atoms with E-state index in [-0.39, 0.29) is 12.0 Å². The van der Waals surface area contributed by atoms with Crippen molar-refractivity contribution in [2.75, 3.05) is 40.6 Å². The standard InChI is InChI=1S/C14H21NO4/c1-17-12-4-3-11(13(5-12)18-2)6-15-7-14(8-16)9-19-10-14/h3-5,15-16H,6-10H2,1-2H3. The van der Waals surface area contributed by atoms with Gasteiger partial charge in [-0.15, -0.1) is 0 Å². The van der Waals surface area contributed by atoms with Crippen LogP contribution < -0.4 is 14.8 Å². The Morgan fingerprint density at radius 2 is 2.11 bits per heavy atom. The van der Waals surface area contributed by atoms with Gasteiger partial charge in [-0.05, 0) is 6.07 Å². The van der Waals surface area contributed by atoms with Crippen LogP contribution >= 0.6 is 0 Å². The Morgan fingerprint density at radius 1 is 1.32 bits per heavy atom. The SMILES string of the molecule is COc1ccc(CNCC2(CO)COC2)c(OC)c1. The molecule has 0 atom stereocenters. The Balaban J connectivity index is 1.92. The van der Waals surface area contributed by atoms with Crippen molar-refractivity contribution in [3.63, 3.8) is 0 Å². The molecule has 0 radical (unpaired) electrons. The van der Waals surface area contributed by atoms with Crippen LogP contribution in [0, 0.1) is 5.41 Å². The van der Waals surface area contributed by atoms with Crippen LogP contribution in [-0.4, -0.2) is 45.7 Å². The average molecular weight is 267 g/mol. The molecule has 5 heteroatoms. The molecule has 1 fully saturated rings. The Bertz CT molecular complexity index is 412. The minimum Gasteiger partial charge on any atom is -0.497 e. The molecule has 1 aromatic rings. The number of aliphatic hydroxyl groups excluding tert-OH is 1. The van der Waals surface area contributed by atoms with E-state index < -0.39 is 0 Å². The minimum absolute atomic E-state index is 0.111. The maximum atomic E-state index is 9.34. The number of ether oxygens (including phenoxy) is 3. The monoisotopic (exact) mass is 267 g/mol. The van der Waals surface area contributed by atoms with Gasteiger partial charge < -0.3 is 24.6 Å². The predicted molar refractivity (Wildman–Crippen MR) is 71.6 cm³/mol. The highest BCUT2D eigenvalue weighted by molar-refractivity contribution is 5.40. The first-order valence-corrected chi connectivity index (χ1v) is 6.33. The Morgan fingerprint density at radius 3 is 2.63 bits per heavy atom. The molecule has 19 heavy (non-hydrogen) atoms. The molecular weight excluding hydrogens is 246 g/mol. The summed E-state index contributed by atoms with van der Waals surface area (Å²) >= 11 is 0. The molecule has 0 amide bonds. The maximum Gasteiger partial charge on any atom is 0.127 e. The van der Waals surface area contributed by atoms with Gasteiger partial charge in [0.05, 0.1) is 39.5 Å². The largest absolute Gasteiger partial charge is 0.497 e. The van der Waals surface area contributed by atoms with E-state index in [0.717, 1.165) is 23.6 Å². The van der Waals surface area contributed by atoms with Crippen LogP contribution in [0.2, 0.25) is 0 Å². The van der Waals surface area contributed by atoms with Crippen LogP contribution in [0.25, 0.3) is 0 Å². The van der Waals surface area contributed by atoms with Crippen molar-refractivity contribution >= 4 is 0 Å². The molecule has 2 rings (SSSR count). The van der Waals surface area contributed by atoms with E-state index in [2.05, 4.69) is 5.32 Å². The second-order valence-corrected chi connectivity index (χ2v) is 4.93. The van der Waals surface area contributed by atoms with Gasteiger partial charge in [0.2, 0.25) is 0 Å². The van der Waals surface area contributed by atoms with E-state index in [4.69, 9.17) is 14.2 Å². The second kappa shape index (κ2) is 6.23. The van der Waals surface area contributed by atoms with Gasteiger partial charge in [-0.2, -0.15) is 0 Å². The molecule has 106 valence electrons. The first-order valence-electron chi connectivity index (χ1n) is 6.33. The van der Waals surface area contributed by atoms with Gasteiger partial charge in [0.25, 0.3) is 0 Å². The molecule has 1 aliphatic heterocycles. The quantitative estimate of drug-likeness (QED) is 0.765. The Labute approximate surface area is 113 Å². The Hall–Kier alpha value is -1.30. The van der Waals surface area contributed by atoms with Gasteiger partial charge >= 0.3 is 0 Å². The number of rotatable bonds is 7. The topological polar surface area (TPSA) is 60.0 Å². The molecule has 2 N–H and O–H groups in total. The third-order valence-electron chi connectivity index (χ3n) is 3.46. The molecule has 1 aromatic carbocycles. The van der Waals surface area contributed by atoms with Crippen molar-refractivity contribution < 1.29 is 19.3 Å². The summed E-state index contributed by atoms with van der Waals surface area (Å²) in [5, 5.41) is 12.7. The Kier molecular flexibility index (Phi) is 4.63. The normalized spacial score (nSPS) is 16.8. The molecular formula is C14H21NO4. The third kappa shape index (κ3) is 3.18. The van der Waals surface area contributed by atoms with Crippen LogP contribution in [0.4, 0.5) is 0 Å². The number of nitrogens with one attached hydrogen (secondary N) is 1. The predicted octanol–water partition coefficient (Wildman–Crippen LogP) is 0.802. The van der Waals surface area contributed by atoms with Crippen molar-refractivity contribution in [1.82, 2.24) is 5.32 Å². The molecule has 0 aromatic heterocycles. The lowest BCUT2D eigenvalue weighted by Crippen LogP contribution is -2.52. The molecule has 0 bridgehead atoms. The zero-order chi connectivity index (χ0) is 13.7. The zero-order valence-corrected chi connectivity index (χ0v) is 11.4. The average Bonchev–Trinajstić information content (AvgIpc) is 2.42. The van der Waals surface area contributed by atoms with Gasteiger partial charge in [0.1, 0.15) is 11.5 Å². The fourth-order valence-corrected chi connectivity index (χ4v) is 2.10. The van der Waals surface area contributed by atoms with Crippen molar-refractivity contribution in [1.29, 1.82) is 0 Å². The molecule has 1 aliphatic rings. The van der Waals surface area contributed by atoms with E-state index in [1.165, 1.54) is 0 Å². The highest BCUT2D eigenvalue weighted by Crippen LogP contribution is 2.27. The number of hydrogen-bond acceptors (Lipinski definition) is 5. The molecule has 0 aliphatic carbocycles. The molecule has 0 unspecified atom stereocenters. The summed E-state index contributed by atoms with van der Waals surface area (Å²) in [7, 11) is 3.28. The molecule has 1 saturated heterocycles. The summed E-state index contributed by atoms with van der Waals surface area (Å²) in [5.41, 5.74) is 0.955. The van der Waals surface area contributed by atoms with Gasteiger partial charge in [-0.1, -0.05) is 6.07 Å². The first kappa shape index (κ1) is 14.1. The van der Waals surface area contributed by atoms with E-state index in [9.17, 15) is 5.11 Å². The van der Waals surface area contributed by atoms with Crippen LogP contribution in [0.5, 0.6) is 11.5 Å². The van der Waals surface area contributed by atoms with Gasteiger partial charge in [-0.3, -0.25) is 0 Å². The maximum absolute atomic E-state index is 9.34. The zero-order valence-electron chi connectivity index (χ0n) is 11.4. The highest BCUT2D eigenvalue weighted by Gasteiger charge is 2.37. The molecule has 5 nitrogen and oxygen atoms in total. The molecule has 0 spiro atoms. The summed E-state index contributed by atoms with van der Waals surface area (Å²) in [5.74, 6) is 1.58. The van der Waals surface area contributed by atoms with Crippen molar-refractivity contribution in [3.8, 4) is 11.5 Å². The summed E-state index contributed by atoms with van der Waals surface area (Å²) in [6.45, 7) is 2.82. The van der Waals surface area contributed by atoms with E-state index in [0.29, 0.717) is 19.8 Å². The summed E-state index contributed by atoms with van der Waals surface area (Å²) in [4.78, 5) is 0. The summed E-state index contributed by atoms with van der Waals surface area (Å²) in [6.07, 6.45) is 0. The smallest absolute Gasteiger partial charge is 0.127 e. The fraction of sp³-hybridized carbons (Fsp3) is 0.571. The van der Waals surface area contributed by atoms with E-state index >= 15 is 0 Å². The van der Waals surface area contributed by atoms with Gasteiger partial charge in [0, 0.05) is 24.7 Å².